The molecule has 0 amide bonds. The Morgan fingerprint density at radius 1 is 1.11 bits per heavy atom. The molecular weight excluding hydrogens is 577 g/mol. The van der Waals surface area contributed by atoms with Gasteiger partial charge in [-0.25, -0.2) is 22.0 Å². The molecule has 0 saturated carbocycles. The highest BCUT2D eigenvalue weighted by molar-refractivity contribution is 6.02. The van der Waals surface area contributed by atoms with Gasteiger partial charge in [0.1, 0.15) is 35.6 Å². The number of anilines is 1. The number of hydrogen-bond donors (Lipinski definition) is 0. The third-order valence-corrected chi connectivity index (χ3v) is 8.90. The molecule has 4 aromatic rings. The lowest BCUT2D eigenvalue weighted by atomic mass is 9.95. The van der Waals surface area contributed by atoms with Crippen molar-refractivity contribution in [1.82, 2.24) is 19.9 Å². The number of ether oxygens (including phenoxy) is 1. The Balaban J connectivity index is 1.38. The number of nitrogens with zero attached hydrogens (tertiary/aromatic N) is 5. The Labute approximate surface area is 250 Å². The second-order valence-corrected chi connectivity index (χ2v) is 11.7. The zero-order valence-electron chi connectivity index (χ0n) is 23.7. The first-order valence-electron chi connectivity index (χ1n) is 14.5. The molecule has 6 nitrogen and oxygen atoms in total. The summed E-state index contributed by atoms with van der Waals surface area (Å²) in [5.74, 6) is -2.23. The molecular formula is C33H28F5N5O. The summed E-state index contributed by atoms with van der Waals surface area (Å²) in [6.45, 7) is 0.643. The summed E-state index contributed by atoms with van der Waals surface area (Å²) in [7, 11) is 0. The number of hydrogen-bond acceptors (Lipinski definition) is 6. The van der Waals surface area contributed by atoms with Gasteiger partial charge in [-0.2, -0.15) is 9.97 Å². The van der Waals surface area contributed by atoms with E-state index in [2.05, 4.69) is 25.8 Å². The van der Waals surface area contributed by atoms with E-state index in [0.717, 1.165) is 25.5 Å². The Morgan fingerprint density at radius 2 is 1.98 bits per heavy atom. The van der Waals surface area contributed by atoms with Gasteiger partial charge in [0.2, 0.25) is 0 Å². The summed E-state index contributed by atoms with van der Waals surface area (Å²) in [4.78, 5) is 16.7. The van der Waals surface area contributed by atoms with E-state index in [9.17, 15) is 17.6 Å². The third kappa shape index (κ3) is 4.81. The largest absolute Gasteiger partial charge is 0.461 e. The molecule has 0 aliphatic carbocycles. The highest BCUT2D eigenvalue weighted by atomic mass is 19.3. The molecule has 226 valence electrons. The maximum Gasteiger partial charge on any atom is 0.319 e. The summed E-state index contributed by atoms with van der Waals surface area (Å²) >= 11 is 0. The summed E-state index contributed by atoms with van der Waals surface area (Å²) in [5, 5.41) is 1.02. The standard InChI is InChI=1S/C33H28F5N5O/c1-2-22-25(35)10-9-20-7-5-8-23(26(20)22)28-27(36)29-24(16-39-28)30(42-13-4-3-12-33(37,38)18-42)41-31(40-29)44-19-32-11-6-14-43(32)17-21(34)15-32/h1,3,5,7-10,12,16,21H,4,6,11,13-15,17-19H2/t21-,32+/m1/s1. The van der Waals surface area contributed by atoms with Crippen molar-refractivity contribution < 1.29 is 26.7 Å². The second kappa shape index (κ2) is 10.7. The predicted molar refractivity (Wildman–Crippen MR) is 158 cm³/mol. The van der Waals surface area contributed by atoms with Crippen LogP contribution in [0.15, 0.2) is 48.7 Å². The predicted octanol–water partition coefficient (Wildman–Crippen LogP) is 6.46. The molecule has 0 radical (unpaired) electrons. The first-order valence-corrected chi connectivity index (χ1v) is 14.5. The van der Waals surface area contributed by atoms with Crippen LogP contribution in [0.1, 0.15) is 31.2 Å². The summed E-state index contributed by atoms with van der Waals surface area (Å²) in [6, 6.07) is 7.59. The molecule has 2 fully saturated rings. The van der Waals surface area contributed by atoms with Crippen LogP contribution in [0.4, 0.5) is 27.8 Å². The van der Waals surface area contributed by atoms with Gasteiger partial charge in [-0.1, -0.05) is 36.3 Å². The van der Waals surface area contributed by atoms with Crippen LogP contribution in [0.3, 0.4) is 0 Å². The van der Waals surface area contributed by atoms with E-state index in [0.29, 0.717) is 30.2 Å². The van der Waals surface area contributed by atoms with Gasteiger partial charge in [-0.15, -0.1) is 6.42 Å². The van der Waals surface area contributed by atoms with Crippen LogP contribution in [0.25, 0.3) is 32.9 Å². The fourth-order valence-corrected chi connectivity index (χ4v) is 6.91. The van der Waals surface area contributed by atoms with Crippen LogP contribution in [0.2, 0.25) is 0 Å². The minimum Gasteiger partial charge on any atom is -0.461 e. The molecule has 0 N–H and O–H groups in total. The van der Waals surface area contributed by atoms with Gasteiger partial charge in [0, 0.05) is 36.7 Å². The smallest absolute Gasteiger partial charge is 0.319 e. The number of pyridine rings is 1. The van der Waals surface area contributed by atoms with Crippen molar-refractivity contribution in [2.45, 2.75) is 43.3 Å². The summed E-state index contributed by atoms with van der Waals surface area (Å²) in [6.07, 6.45) is 10.5. The summed E-state index contributed by atoms with van der Waals surface area (Å²) < 4.78 is 81.1. The van der Waals surface area contributed by atoms with E-state index in [1.165, 1.54) is 23.2 Å². The topological polar surface area (TPSA) is 54.4 Å². The van der Waals surface area contributed by atoms with Crippen molar-refractivity contribution >= 4 is 27.5 Å². The number of halogens is 5. The fourth-order valence-electron chi connectivity index (χ4n) is 6.91. The van der Waals surface area contributed by atoms with E-state index >= 15 is 4.39 Å². The minimum atomic E-state index is -3.15. The lowest BCUT2D eigenvalue weighted by Crippen LogP contribution is -2.43. The monoisotopic (exact) mass is 605 g/mol. The van der Waals surface area contributed by atoms with E-state index in [-0.39, 0.29) is 52.7 Å². The average molecular weight is 606 g/mol. The highest BCUT2D eigenvalue weighted by Gasteiger charge is 2.49. The van der Waals surface area contributed by atoms with E-state index in [1.54, 1.807) is 24.3 Å². The zero-order valence-corrected chi connectivity index (χ0v) is 23.7. The van der Waals surface area contributed by atoms with Crippen LogP contribution in [-0.2, 0) is 0 Å². The SMILES string of the molecule is C#Cc1c(F)ccc2cccc(-c3ncc4c(N5CCC=CC(F)(F)C5)nc(OC[C@@]56CCCN5C[C@H](F)C6)nc4c3F)c12. The van der Waals surface area contributed by atoms with Crippen molar-refractivity contribution in [2.75, 3.05) is 37.7 Å². The quantitative estimate of drug-likeness (QED) is 0.148. The number of fused-ring (bicyclic) bond motifs is 3. The van der Waals surface area contributed by atoms with Gasteiger partial charge >= 0.3 is 6.01 Å². The van der Waals surface area contributed by atoms with Crippen LogP contribution in [-0.4, -0.2) is 70.3 Å². The van der Waals surface area contributed by atoms with Crippen molar-refractivity contribution in [3.63, 3.8) is 0 Å². The normalized spacial score (nSPS) is 23.2. The molecule has 0 unspecified atom stereocenters. The number of aromatic nitrogens is 3. The van der Waals surface area contributed by atoms with Crippen LogP contribution >= 0.6 is 0 Å². The van der Waals surface area contributed by atoms with Gasteiger partial charge in [0.25, 0.3) is 5.92 Å². The number of terminal acetylenes is 1. The Bertz CT molecular complexity index is 1860. The van der Waals surface area contributed by atoms with Crippen molar-refractivity contribution in [2.24, 2.45) is 0 Å². The Morgan fingerprint density at radius 3 is 2.82 bits per heavy atom. The molecule has 2 atom stereocenters. The lowest BCUT2D eigenvalue weighted by Gasteiger charge is -2.31. The average Bonchev–Trinajstić information content (AvgIpc) is 3.46. The second-order valence-electron chi connectivity index (χ2n) is 11.7. The Hall–Kier alpha value is -4.30. The number of benzene rings is 2. The molecule has 11 heteroatoms. The molecule has 3 aliphatic heterocycles. The zero-order chi connectivity index (χ0) is 30.6. The first-order chi connectivity index (χ1) is 21.2. The lowest BCUT2D eigenvalue weighted by molar-refractivity contribution is 0.0642. The molecule has 2 aromatic heterocycles. The van der Waals surface area contributed by atoms with Crippen LogP contribution < -0.4 is 9.64 Å². The van der Waals surface area contributed by atoms with Gasteiger partial charge in [-0.05, 0) is 43.3 Å². The summed E-state index contributed by atoms with van der Waals surface area (Å²) in [5.41, 5.74) is -0.642. The van der Waals surface area contributed by atoms with Crippen molar-refractivity contribution in [3.05, 3.63) is 65.9 Å². The number of rotatable bonds is 5. The Kier molecular flexibility index (Phi) is 6.92. The molecule has 2 aromatic carbocycles. The van der Waals surface area contributed by atoms with Gasteiger partial charge in [-0.3, -0.25) is 9.88 Å². The van der Waals surface area contributed by atoms with Crippen molar-refractivity contribution in [1.29, 1.82) is 0 Å². The maximum atomic E-state index is 16.6. The molecule has 0 spiro atoms. The molecule has 2 saturated heterocycles. The van der Waals surface area contributed by atoms with Crippen LogP contribution in [0, 0.1) is 24.0 Å². The molecule has 44 heavy (non-hydrogen) atoms. The maximum absolute atomic E-state index is 16.6. The molecule has 7 rings (SSSR count). The molecule has 0 bridgehead atoms. The van der Waals surface area contributed by atoms with Crippen molar-refractivity contribution in [3.8, 4) is 29.6 Å². The van der Waals surface area contributed by atoms with E-state index in [4.69, 9.17) is 11.2 Å². The molecule has 3 aliphatic rings. The van der Waals surface area contributed by atoms with Crippen LogP contribution in [0.5, 0.6) is 6.01 Å². The van der Waals surface area contributed by atoms with E-state index < -0.39 is 35.8 Å². The van der Waals surface area contributed by atoms with Gasteiger partial charge < -0.3 is 9.64 Å². The van der Waals surface area contributed by atoms with E-state index in [1.807, 2.05) is 0 Å². The highest BCUT2D eigenvalue weighted by Crippen LogP contribution is 2.41. The minimum absolute atomic E-state index is 0.0331. The number of alkyl halides is 3. The molecule has 5 heterocycles. The van der Waals surface area contributed by atoms with Gasteiger partial charge in [0.05, 0.1) is 23.0 Å². The fraction of sp³-hybridized carbons (Fsp3) is 0.364. The third-order valence-electron chi connectivity index (χ3n) is 8.90. The first kappa shape index (κ1) is 28.5. The van der Waals surface area contributed by atoms with Gasteiger partial charge in [0.15, 0.2) is 5.82 Å².